The number of aliphatic hydroxyl groups excluding tert-OH is 1. The van der Waals surface area contributed by atoms with E-state index >= 15 is 0 Å². The molecule has 3 unspecified atom stereocenters. The molecule has 9 heteroatoms. The SMILES string of the molecule is CCCCCCCCCCC/C=C\CCCCCCCCCC(=O)NC(COP(=O)(O)OCC[N+](C)(C)C)C(O)/C=C/CC/C=C/CCCCCCCCCCCCCCCCC. The lowest BCUT2D eigenvalue weighted by atomic mass is 10.0. The fraction of sp³-hybridized carbons (Fsp3) is 0.870. The number of aliphatic hydroxyl groups is 1. The van der Waals surface area contributed by atoms with E-state index in [1.807, 2.05) is 27.2 Å². The second kappa shape index (κ2) is 45.9. The number of unbranched alkanes of at least 4 members (excludes halogenated alkanes) is 32. The summed E-state index contributed by atoms with van der Waals surface area (Å²) in [6.07, 6.45) is 58.0. The summed E-state index contributed by atoms with van der Waals surface area (Å²) >= 11 is 0. The maximum absolute atomic E-state index is 12.9. The molecule has 0 aliphatic heterocycles. The van der Waals surface area contributed by atoms with E-state index in [2.05, 4.69) is 43.5 Å². The number of phosphoric acid groups is 1. The monoisotopic (exact) mass is 910 g/mol. The van der Waals surface area contributed by atoms with Gasteiger partial charge in [0, 0.05) is 6.42 Å². The van der Waals surface area contributed by atoms with Crippen LogP contribution in [0.4, 0.5) is 0 Å². The predicted octanol–water partition coefficient (Wildman–Crippen LogP) is 15.8. The highest BCUT2D eigenvalue weighted by Gasteiger charge is 2.27. The Labute approximate surface area is 391 Å². The van der Waals surface area contributed by atoms with E-state index in [4.69, 9.17) is 9.05 Å². The van der Waals surface area contributed by atoms with Crippen molar-refractivity contribution in [3.63, 3.8) is 0 Å². The van der Waals surface area contributed by atoms with Gasteiger partial charge < -0.3 is 19.8 Å². The minimum Gasteiger partial charge on any atom is -0.387 e. The third-order valence-corrected chi connectivity index (χ3v) is 13.1. The van der Waals surface area contributed by atoms with E-state index < -0.39 is 20.0 Å². The molecule has 0 aromatic carbocycles. The van der Waals surface area contributed by atoms with Crippen LogP contribution in [0.2, 0.25) is 0 Å². The molecule has 0 spiro atoms. The molecule has 0 aliphatic rings. The largest absolute Gasteiger partial charge is 0.472 e. The number of amides is 1. The molecule has 63 heavy (non-hydrogen) atoms. The number of carbonyl (C=O) groups is 1. The predicted molar refractivity (Wildman–Crippen MR) is 272 cm³/mol. The van der Waals surface area contributed by atoms with Crippen molar-refractivity contribution in [2.45, 2.75) is 264 Å². The van der Waals surface area contributed by atoms with E-state index in [9.17, 15) is 19.4 Å². The highest BCUT2D eigenvalue weighted by atomic mass is 31.2. The molecule has 372 valence electrons. The van der Waals surface area contributed by atoms with Gasteiger partial charge >= 0.3 is 7.82 Å². The van der Waals surface area contributed by atoms with Gasteiger partial charge in [0.05, 0.1) is 39.9 Å². The average molecular weight is 910 g/mol. The summed E-state index contributed by atoms with van der Waals surface area (Å²) in [6.45, 7) is 4.82. The number of quaternary nitrogens is 1. The van der Waals surface area contributed by atoms with Crippen LogP contribution >= 0.6 is 7.82 Å². The topological polar surface area (TPSA) is 105 Å². The molecule has 0 bridgehead atoms. The third-order valence-electron chi connectivity index (χ3n) is 12.1. The van der Waals surface area contributed by atoms with Gasteiger partial charge in [-0.25, -0.2) is 4.57 Å². The van der Waals surface area contributed by atoms with E-state index in [0.717, 1.165) is 38.5 Å². The molecule has 0 heterocycles. The summed E-state index contributed by atoms with van der Waals surface area (Å²) in [5, 5.41) is 13.9. The number of likely N-dealkylation sites (N-methyl/N-ethyl adjacent to an activating group) is 1. The Hall–Kier alpha value is -1.28. The van der Waals surface area contributed by atoms with Gasteiger partial charge in [-0.15, -0.1) is 0 Å². The van der Waals surface area contributed by atoms with Crippen LogP contribution in [0.25, 0.3) is 0 Å². The Morgan fingerprint density at radius 1 is 0.524 bits per heavy atom. The number of allylic oxidation sites excluding steroid dienone is 5. The van der Waals surface area contributed by atoms with Crippen LogP contribution in [0.15, 0.2) is 36.5 Å². The molecular formula is C54H106N2O6P+. The average Bonchev–Trinajstić information content (AvgIpc) is 3.24. The molecule has 0 saturated carbocycles. The maximum Gasteiger partial charge on any atom is 0.472 e. The van der Waals surface area contributed by atoms with Crippen molar-refractivity contribution in [1.82, 2.24) is 5.32 Å². The third kappa shape index (κ3) is 48.5. The Balaban J connectivity index is 4.33. The zero-order valence-corrected chi connectivity index (χ0v) is 43.2. The van der Waals surface area contributed by atoms with Crippen LogP contribution in [0.3, 0.4) is 0 Å². The summed E-state index contributed by atoms with van der Waals surface area (Å²) in [5.74, 6) is -0.189. The first-order chi connectivity index (χ1) is 30.5. The van der Waals surface area contributed by atoms with Crippen molar-refractivity contribution >= 4 is 13.7 Å². The molecule has 3 N–H and O–H groups in total. The summed E-state index contributed by atoms with van der Waals surface area (Å²) in [4.78, 5) is 23.2. The van der Waals surface area contributed by atoms with Crippen LogP contribution in [0.5, 0.6) is 0 Å². The zero-order valence-electron chi connectivity index (χ0n) is 42.3. The number of rotatable bonds is 49. The molecule has 0 radical (unpaired) electrons. The highest BCUT2D eigenvalue weighted by molar-refractivity contribution is 7.47. The van der Waals surface area contributed by atoms with Gasteiger partial charge in [-0.3, -0.25) is 13.8 Å². The van der Waals surface area contributed by atoms with Crippen LogP contribution < -0.4 is 5.32 Å². The Morgan fingerprint density at radius 2 is 0.873 bits per heavy atom. The number of phosphoric ester groups is 1. The van der Waals surface area contributed by atoms with Crippen molar-refractivity contribution in [2.75, 3.05) is 40.9 Å². The molecule has 8 nitrogen and oxygen atoms in total. The Morgan fingerprint density at radius 3 is 1.27 bits per heavy atom. The standard InChI is InChI=1S/C54H105N2O6P/c1-6-8-10-12-14-16-18-20-22-24-26-28-29-31-33-35-37-39-41-43-45-47-53(57)52(51-62-63(59,60)61-50-49-56(3,4)5)55-54(58)48-46-44-42-40-38-36-34-32-30-27-25-23-21-19-17-15-13-11-9-7-2/h27,30,37,39,45,47,52-53,57H,6-26,28-29,31-36,38,40-44,46,48-51H2,1-5H3,(H-,55,58,59,60)/p+1/b30-27-,39-37+,47-45+. The molecule has 0 aromatic rings. The lowest BCUT2D eigenvalue weighted by molar-refractivity contribution is -0.870. The molecular weight excluding hydrogens is 804 g/mol. The van der Waals surface area contributed by atoms with Gasteiger partial charge in [-0.1, -0.05) is 224 Å². The second-order valence-corrected chi connectivity index (χ2v) is 21.0. The van der Waals surface area contributed by atoms with Gasteiger partial charge in [0.25, 0.3) is 0 Å². The minimum absolute atomic E-state index is 0.0558. The highest BCUT2D eigenvalue weighted by Crippen LogP contribution is 2.43. The number of nitrogens with zero attached hydrogens (tertiary/aromatic N) is 1. The maximum atomic E-state index is 12.9. The van der Waals surface area contributed by atoms with Gasteiger partial charge in [-0.2, -0.15) is 0 Å². The van der Waals surface area contributed by atoms with Gasteiger partial charge in [-0.05, 0) is 57.8 Å². The minimum atomic E-state index is -4.35. The zero-order chi connectivity index (χ0) is 46.4. The van der Waals surface area contributed by atoms with Gasteiger partial charge in [0.15, 0.2) is 0 Å². The second-order valence-electron chi connectivity index (χ2n) is 19.6. The van der Waals surface area contributed by atoms with Crippen molar-refractivity contribution < 1.29 is 32.9 Å². The molecule has 0 rings (SSSR count). The molecule has 3 atom stereocenters. The van der Waals surface area contributed by atoms with Gasteiger partial charge in [0.1, 0.15) is 13.2 Å². The first-order valence-corrected chi connectivity index (χ1v) is 28.4. The van der Waals surface area contributed by atoms with Crippen LogP contribution in [0, 0.1) is 0 Å². The summed E-state index contributed by atoms with van der Waals surface area (Å²) in [7, 11) is 1.56. The van der Waals surface area contributed by atoms with E-state index in [0.29, 0.717) is 17.4 Å². The van der Waals surface area contributed by atoms with Crippen molar-refractivity contribution in [1.29, 1.82) is 0 Å². The lowest BCUT2D eigenvalue weighted by Gasteiger charge is -2.25. The first-order valence-electron chi connectivity index (χ1n) is 26.9. The van der Waals surface area contributed by atoms with Gasteiger partial charge in [0.2, 0.25) is 5.91 Å². The molecule has 0 saturated heterocycles. The first kappa shape index (κ1) is 61.7. The number of nitrogens with one attached hydrogen (secondary N) is 1. The van der Waals surface area contributed by atoms with Crippen molar-refractivity contribution in [3.8, 4) is 0 Å². The Bertz CT molecular complexity index is 1120. The van der Waals surface area contributed by atoms with Crippen LogP contribution in [-0.4, -0.2) is 73.4 Å². The summed E-state index contributed by atoms with van der Waals surface area (Å²) in [5.41, 5.74) is 0. The summed E-state index contributed by atoms with van der Waals surface area (Å²) in [6, 6.07) is -0.865. The molecule has 0 aliphatic carbocycles. The number of hydrogen-bond donors (Lipinski definition) is 3. The van der Waals surface area contributed by atoms with E-state index in [1.165, 1.54) is 193 Å². The van der Waals surface area contributed by atoms with Crippen LogP contribution in [-0.2, 0) is 18.4 Å². The van der Waals surface area contributed by atoms with E-state index in [1.54, 1.807) is 6.08 Å². The lowest BCUT2D eigenvalue weighted by Crippen LogP contribution is -2.45. The van der Waals surface area contributed by atoms with Crippen LogP contribution in [0.1, 0.15) is 251 Å². The molecule has 1 amide bonds. The normalized spacial score (nSPS) is 14.3. The number of hydrogen-bond acceptors (Lipinski definition) is 5. The van der Waals surface area contributed by atoms with E-state index in [-0.39, 0.29) is 19.1 Å². The van der Waals surface area contributed by atoms with Crippen molar-refractivity contribution in [3.05, 3.63) is 36.5 Å². The fourth-order valence-corrected chi connectivity index (χ4v) is 8.55. The molecule has 0 aromatic heterocycles. The fourth-order valence-electron chi connectivity index (χ4n) is 7.82. The summed E-state index contributed by atoms with van der Waals surface area (Å²) < 4.78 is 23.6. The smallest absolute Gasteiger partial charge is 0.387 e. The van der Waals surface area contributed by atoms with Crippen molar-refractivity contribution in [2.24, 2.45) is 0 Å². The molecule has 0 fully saturated rings. The number of carbonyl (C=O) groups excluding carboxylic acids is 1. The Kier molecular flexibility index (Phi) is 44.9. The quantitative estimate of drug-likeness (QED) is 0.0243.